The van der Waals surface area contributed by atoms with E-state index in [1.807, 2.05) is 18.3 Å². The summed E-state index contributed by atoms with van der Waals surface area (Å²) in [4.78, 5) is 4.53. The molecule has 0 bridgehead atoms. The minimum atomic E-state index is 0.450. The lowest BCUT2D eigenvalue weighted by Crippen LogP contribution is -2.08. The van der Waals surface area contributed by atoms with Gasteiger partial charge in [-0.3, -0.25) is 0 Å². The number of methoxy groups -OCH3 is 1. The molecule has 1 fully saturated rings. The Bertz CT molecular complexity index is 502. The van der Waals surface area contributed by atoms with Crippen molar-refractivity contribution in [3.63, 3.8) is 0 Å². The highest BCUT2D eigenvalue weighted by Gasteiger charge is 2.20. The number of nitrogens with zero attached hydrogens (tertiary/aromatic N) is 3. The summed E-state index contributed by atoms with van der Waals surface area (Å²) in [5.41, 5.74) is 0.878. The maximum absolute atomic E-state index is 5.16. The van der Waals surface area contributed by atoms with E-state index in [4.69, 9.17) is 4.74 Å². The average molecular weight is 218 g/mol. The SMILES string of the molecule is COc1ccc2nc(C3CCNC3)nn2c1. The fraction of sp³-hybridized carbons (Fsp3) is 0.455. The summed E-state index contributed by atoms with van der Waals surface area (Å²) in [6.45, 7) is 2.04. The van der Waals surface area contributed by atoms with Crippen LogP contribution in [0.4, 0.5) is 0 Å². The molecule has 5 heteroatoms. The third-order valence-electron chi connectivity index (χ3n) is 2.98. The number of hydrogen-bond acceptors (Lipinski definition) is 4. The van der Waals surface area contributed by atoms with Gasteiger partial charge in [0, 0.05) is 12.5 Å². The summed E-state index contributed by atoms with van der Waals surface area (Å²) in [7, 11) is 1.65. The van der Waals surface area contributed by atoms with Gasteiger partial charge in [-0.05, 0) is 25.1 Å². The third kappa shape index (κ3) is 1.53. The maximum atomic E-state index is 5.16. The molecule has 3 rings (SSSR count). The summed E-state index contributed by atoms with van der Waals surface area (Å²) < 4.78 is 6.94. The number of aromatic nitrogens is 3. The first-order chi connectivity index (χ1) is 7.86. The van der Waals surface area contributed by atoms with Gasteiger partial charge in [0.2, 0.25) is 0 Å². The van der Waals surface area contributed by atoms with Gasteiger partial charge >= 0.3 is 0 Å². The number of rotatable bonds is 2. The molecule has 2 aromatic rings. The van der Waals surface area contributed by atoms with Gasteiger partial charge in [0.05, 0.1) is 13.3 Å². The van der Waals surface area contributed by atoms with Crippen molar-refractivity contribution in [3.05, 3.63) is 24.2 Å². The fourth-order valence-corrected chi connectivity index (χ4v) is 2.05. The normalized spacial score (nSPS) is 20.4. The molecule has 0 aromatic carbocycles. The predicted octanol–water partition coefficient (Wildman–Crippen LogP) is 0.815. The van der Waals surface area contributed by atoms with Crippen LogP contribution < -0.4 is 10.1 Å². The quantitative estimate of drug-likeness (QED) is 0.810. The van der Waals surface area contributed by atoms with Crippen molar-refractivity contribution < 1.29 is 4.74 Å². The molecule has 0 saturated carbocycles. The number of pyridine rings is 1. The van der Waals surface area contributed by atoms with Crippen molar-refractivity contribution in [2.75, 3.05) is 20.2 Å². The first-order valence-corrected chi connectivity index (χ1v) is 5.48. The number of hydrogen-bond donors (Lipinski definition) is 1. The fourth-order valence-electron chi connectivity index (χ4n) is 2.05. The summed E-state index contributed by atoms with van der Waals surface area (Å²) in [6, 6.07) is 3.83. The molecule has 2 aromatic heterocycles. The molecule has 0 spiro atoms. The average Bonchev–Trinajstić information content (AvgIpc) is 2.96. The van der Waals surface area contributed by atoms with Crippen LogP contribution in [0.3, 0.4) is 0 Å². The van der Waals surface area contributed by atoms with E-state index in [1.165, 1.54) is 0 Å². The lowest BCUT2D eigenvalue weighted by atomic mass is 10.1. The van der Waals surface area contributed by atoms with Crippen LogP contribution in [0.2, 0.25) is 0 Å². The van der Waals surface area contributed by atoms with E-state index in [9.17, 15) is 0 Å². The molecule has 84 valence electrons. The Morgan fingerprint density at radius 2 is 2.44 bits per heavy atom. The Hall–Kier alpha value is -1.62. The number of fused-ring (bicyclic) bond motifs is 1. The maximum Gasteiger partial charge on any atom is 0.156 e. The summed E-state index contributed by atoms with van der Waals surface area (Å²) in [5.74, 6) is 2.18. The smallest absolute Gasteiger partial charge is 0.156 e. The van der Waals surface area contributed by atoms with Crippen LogP contribution in [-0.4, -0.2) is 34.8 Å². The minimum absolute atomic E-state index is 0.450. The van der Waals surface area contributed by atoms with Crippen molar-refractivity contribution in [2.45, 2.75) is 12.3 Å². The summed E-state index contributed by atoms with van der Waals surface area (Å²) in [5, 5.41) is 7.81. The van der Waals surface area contributed by atoms with Crippen LogP contribution in [0, 0.1) is 0 Å². The van der Waals surface area contributed by atoms with E-state index < -0.39 is 0 Å². The molecule has 1 unspecified atom stereocenters. The Labute approximate surface area is 93.4 Å². The minimum Gasteiger partial charge on any atom is -0.495 e. The van der Waals surface area contributed by atoms with Crippen LogP contribution >= 0.6 is 0 Å². The van der Waals surface area contributed by atoms with Gasteiger partial charge in [0.15, 0.2) is 11.5 Å². The van der Waals surface area contributed by atoms with Crippen LogP contribution in [0.5, 0.6) is 5.75 Å². The second kappa shape index (κ2) is 3.75. The largest absolute Gasteiger partial charge is 0.495 e. The zero-order chi connectivity index (χ0) is 11.0. The highest BCUT2D eigenvalue weighted by molar-refractivity contribution is 5.41. The van der Waals surface area contributed by atoms with Gasteiger partial charge in [-0.25, -0.2) is 9.50 Å². The highest BCUT2D eigenvalue weighted by atomic mass is 16.5. The Kier molecular flexibility index (Phi) is 2.25. The van der Waals surface area contributed by atoms with Crippen LogP contribution in [0.15, 0.2) is 18.3 Å². The van der Waals surface area contributed by atoms with Gasteiger partial charge in [-0.1, -0.05) is 0 Å². The number of nitrogens with one attached hydrogen (secondary N) is 1. The molecule has 5 nitrogen and oxygen atoms in total. The van der Waals surface area contributed by atoms with E-state index in [0.29, 0.717) is 5.92 Å². The Morgan fingerprint density at radius 3 is 3.19 bits per heavy atom. The van der Waals surface area contributed by atoms with Crippen molar-refractivity contribution in [3.8, 4) is 5.75 Å². The molecular formula is C11H14N4O. The molecule has 1 atom stereocenters. The van der Waals surface area contributed by atoms with Crippen molar-refractivity contribution in [2.24, 2.45) is 0 Å². The standard InChI is InChI=1S/C11H14N4O/c1-16-9-2-3-10-13-11(14-15(10)7-9)8-4-5-12-6-8/h2-3,7-8,12H,4-6H2,1H3. The zero-order valence-corrected chi connectivity index (χ0v) is 9.18. The van der Waals surface area contributed by atoms with Gasteiger partial charge in [-0.15, -0.1) is 0 Å². The zero-order valence-electron chi connectivity index (χ0n) is 9.18. The monoisotopic (exact) mass is 218 g/mol. The first kappa shape index (κ1) is 9.59. The van der Waals surface area contributed by atoms with Crippen molar-refractivity contribution >= 4 is 5.65 Å². The Balaban J connectivity index is 2.01. The molecule has 1 saturated heterocycles. The molecule has 16 heavy (non-hydrogen) atoms. The molecular weight excluding hydrogens is 204 g/mol. The van der Waals surface area contributed by atoms with E-state index in [0.717, 1.165) is 36.7 Å². The van der Waals surface area contributed by atoms with E-state index in [2.05, 4.69) is 15.4 Å². The summed E-state index contributed by atoms with van der Waals surface area (Å²) in [6.07, 6.45) is 2.97. The molecule has 0 amide bonds. The van der Waals surface area contributed by atoms with Gasteiger partial charge in [-0.2, -0.15) is 5.10 Å². The predicted molar refractivity (Wildman–Crippen MR) is 59.8 cm³/mol. The second-order valence-electron chi connectivity index (χ2n) is 4.03. The molecule has 0 aliphatic carbocycles. The third-order valence-corrected chi connectivity index (χ3v) is 2.98. The highest BCUT2D eigenvalue weighted by Crippen LogP contribution is 2.20. The molecule has 3 heterocycles. The van der Waals surface area contributed by atoms with Crippen LogP contribution in [-0.2, 0) is 0 Å². The van der Waals surface area contributed by atoms with E-state index >= 15 is 0 Å². The second-order valence-corrected chi connectivity index (χ2v) is 4.03. The first-order valence-electron chi connectivity index (χ1n) is 5.48. The van der Waals surface area contributed by atoms with Crippen LogP contribution in [0.25, 0.3) is 5.65 Å². The number of ether oxygens (including phenoxy) is 1. The Morgan fingerprint density at radius 1 is 1.50 bits per heavy atom. The van der Waals surface area contributed by atoms with Crippen molar-refractivity contribution in [1.82, 2.24) is 19.9 Å². The van der Waals surface area contributed by atoms with E-state index in [-0.39, 0.29) is 0 Å². The lowest BCUT2D eigenvalue weighted by Gasteiger charge is -1.99. The molecule has 0 radical (unpaired) electrons. The van der Waals surface area contributed by atoms with Gasteiger partial charge < -0.3 is 10.1 Å². The van der Waals surface area contributed by atoms with Gasteiger partial charge in [0.25, 0.3) is 0 Å². The lowest BCUT2D eigenvalue weighted by molar-refractivity contribution is 0.411. The van der Waals surface area contributed by atoms with Crippen LogP contribution in [0.1, 0.15) is 18.2 Å². The molecule has 1 aliphatic rings. The van der Waals surface area contributed by atoms with Gasteiger partial charge in [0.1, 0.15) is 5.75 Å². The molecule has 1 N–H and O–H groups in total. The summed E-state index contributed by atoms with van der Waals surface area (Å²) >= 11 is 0. The van der Waals surface area contributed by atoms with E-state index in [1.54, 1.807) is 11.6 Å². The van der Waals surface area contributed by atoms with Crippen molar-refractivity contribution in [1.29, 1.82) is 0 Å². The molecule has 1 aliphatic heterocycles. The topological polar surface area (TPSA) is 51.5 Å².